The minimum atomic E-state index is -0.219. The van der Waals surface area contributed by atoms with Crippen LogP contribution in [0.5, 0.6) is 0 Å². The second-order valence-electron chi connectivity index (χ2n) is 7.06. The third-order valence-corrected chi connectivity index (χ3v) is 6.02. The summed E-state index contributed by atoms with van der Waals surface area (Å²) in [4.78, 5) is 12.9. The van der Waals surface area contributed by atoms with Crippen LogP contribution in [-0.4, -0.2) is 11.9 Å². The number of carbonyl (C=O) groups is 1. The Morgan fingerprint density at radius 2 is 1.90 bits per heavy atom. The van der Waals surface area contributed by atoms with E-state index < -0.39 is 0 Å². The van der Waals surface area contributed by atoms with Crippen LogP contribution in [-0.2, 0) is 10.2 Å². The molecule has 2 heteroatoms. The van der Waals surface area contributed by atoms with E-state index in [0.717, 1.165) is 24.7 Å². The standard InChI is InChI=1S/C18H23NO/c20-17(19-16-12-13-7-8-14(16)11-13)18(9-4-10-18)15-5-2-1-3-6-15/h1-3,5-6,13-14,16H,4,7-12H2,(H,19,20). The number of nitrogens with one attached hydrogen (secondary N) is 1. The zero-order valence-corrected chi connectivity index (χ0v) is 12.0. The highest BCUT2D eigenvalue weighted by molar-refractivity contribution is 5.89. The van der Waals surface area contributed by atoms with Gasteiger partial charge in [0, 0.05) is 6.04 Å². The van der Waals surface area contributed by atoms with Gasteiger partial charge >= 0.3 is 0 Å². The summed E-state index contributed by atoms with van der Waals surface area (Å²) in [5.41, 5.74) is 0.996. The van der Waals surface area contributed by atoms with Crippen molar-refractivity contribution in [3.8, 4) is 0 Å². The van der Waals surface area contributed by atoms with Gasteiger partial charge < -0.3 is 5.32 Å². The Labute approximate surface area is 121 Å². The molecule has 106 valence electrons. The molecule has 3 aliphatic rings. The molecule has 0 aliphatic heterocycles. The molecule has 2 bridgehead atoms. The highest BCUT2D eigenvalue weighted by Crippen LogP contribution is 2.47. The lowest BCUT2D eigenvalue weighted by molar-refractivity contribution is -0.131. The summed E-state index contributed by atoms with van der Waals surface area (Å²) < 4.78 is 0. The van der Waals surface area contributed by atoms with Crippen molar-refractivity contribution >= 4 is 5.91 Å². The van der Waals surface area contributed by atoms with Crippen LogP contribution < -0.4 is 5.32 Å². The summed E-state index contributed by atoms with van der Waals surface area (Å²) in [6.45, 7) is 0. The Morgan fingerprint density at radius 3 is 2.45 bits per heavy atom. The monoisotopic (exact) mass is 269 g/mol. The number of fused-ring (bicyclic) bond motifs is 2. The molecule has 3 fully saturated rings. The lowest BCUT2D eigenvalue weighted by Crippen LogP contribution is -2.53. The first kappa shape index (κ1) is 12.4. The van der Waals surface area contributed by atoms with Crippen LogP contribution in [0.4, 0.5) is 0 Å². The van der Waals surface area contributed by atoms with Crippen LogP contribution in [0.2, 0.25) is 0 Å². The smallest absolute Gasteiger partial charge is 0.230 e. The van der Waals surface area contributed by atoms with Crippen LogP contribution in [0.1, 0.15) is 50.5 Å². The van der Waals surface area contributed by atoms with Gasteiger partial charge in [-0.2, -0.15) is 0 Å². The van der Waals surface area contributed by atoms with Crippen molar-refractivity contribution in [2.45, 2.75) is 56.4 Å². The SMILES string of the molecule is O=C(NC1CC2CCC1C2)C1(c2ccccc2)CCC1. The largest absolute Gasteiger partial charge is 0.352 e. The summed E-state index contributed by atoms with van der Waals surface area (Å²) >= 11 is 0. The molecule has 0 radical (unpaired) electrons. The van der Waals surface area contributed by atoms with E-state index >= 15 is 0 Å². The summed E-state index contributed by atoms with van der Waals surface area (Å²) in [5, 5.41) is 3.41. The minimum Gasteiger partial charge on any atom is -0.352 e. The fourth-order valence-corrected chi connectivity index (χ4v) is 4.66. The molecule has 0 saturated heterocycles. The average molecular weight is 269 g/mol. The van der Waals surface area contributed by atoms with Crippen LogP contribution in [0.3, 0.4) is 0 Å². The second kappa shape index (κ2) is 4.61. The molecule has 3 saturated carbocycles. The highest BCUT2D eigenvalue weighted by Gasteiger charge is 2.48. The topological polar surface area (TPSA) is 29.1 Å². The van der Waals surface area contributed by atoms with Gasteiger partial charge in [-0.3, -0.25) is 4.79 Å². The molecule has 0 aromatic heterocycles. The maximum Gasteiger partial charge on any atom is 0.230 e. The van der Waals surface area contributed by atoms with Crippen LogP contribution in [0, 0.1) is 11.8 Å². The summed E-state index contributed by atoms with van der Waals surface area (Å²) in [7, 11) is 0. The van der Waals surface area contributed by atoms with Crippen molar-refractivity contribution in [1.82, 2.24) is 5.32 Å². The lowest BCUT2D eigenvalue weighted by Gasteiger charge is -2.42. The van der Waals surface area contributed by atoms with Crippen LogP contribution in [0.25, 0.3) is 0 Å². The van der Waals surface area contributed by atoms with Gasteiger partial charge in [0.25, 0.3) is 0 Å². The Bertz CT molecular complexity index is 505. The fraction of sp³-hybridized carbons (Fsp3) is 0.611. The quantitative estimate of drug-likeness (QED) is 0.895. The van der Waals surface area contributed by atoms with Crippen molar-refractivity contribution in [1.29, 1.82) is 0 Å². The molecule has 3 unspecified atom stereocenters. The number of carbonyl (C=O) groups excluding carboxylic acids is 1. The third kappa shape index (κ3) is 1.81. The first-order valence-corrected chi connectivity index (χ1v) is 8.14. The maximum absolute atomic E-state index is 12.9. The molecule has 3 atom stereocenters. The zero-order chi connectivity index (χ0) is 13.6. The van der Waals surface area contributed by atoms with E-state index in [1.807, 2.05) is 6.07 Å². The third-order valence-electron chi connectivity index (χ3n) is 6.02. The molecule has 3 aliphatic carbocycles. The Kier molecular flexibility index (Phi) is 2.87. The van der Waals surface area contributed by atoms with Gasteiger partial charge in [-0.15, -0.1) is 0 Å². The van der Waals surface area contributed by atoms with E-state index in [-0.39, 0.29) is 5.41 Å². The molecular weight excluding hydrogens is 246 g/mol. The Morgan fingerprint density at radius 1 is 1.10 bits per heavy atom. The zero-order valence-electron chi connectivity index (χ0n) is 12.0. The molecule has 20 heavy (non-hydrogen) atoms. The molecule has 1 aromatic rings. The van der Waals surface area contributed by atoms with Gasteiger partial charge in [0.2, 0.25) is 5.91 Å². The van der Waals surface area contributed by atoms with E-state index in [1.54, 1.807) is 0 Å². The van der Waals surface area contributed by atoms with Gasteiger partial charge in [-0.1, -0.05) is 43.2 Å². The molecule has 4 rings (SSSR count). The van der Waals surface area contributed by atoms with Crippen molar-refractivity contribution in [2.24, 2.45) is 11.8 Å². The van der Waals surface area contributed by atoms with Gasteiger partial charge in [-0.05, 0) is 49.5 Å². The molecule has 2 nitrogen and oxygen atoms in total. The van der Waals surface area contributed by atoms with Crippen molar-refractivity contribution in [3.05, 3.63) is 35.9 Å². The molecule has 0 heterocycles. The maximum atomic E-state index is 12.9. The number of amides is 1. The Hall–Kier alpha value is -1.31. The number of benzene rings is 1. The highest BCUT2D eigenvalue weighted by atomic mass is 16.2. The second-order valence-corrected chi connectivity index (χ2v) is 7.06. The van der Waals surface area contributed by atoms with Gasteiger partial charge in [0.05, 0.1) is 5.41 Å². The number of rotatable bonds is 3. The first-order chi connectivity index (χ1) is 9.78. The number of hydrogen-bond donors (Lipinski definition) is 1. The molecule has 1 amide bonds. The van der Waals surface area contributed by atoms with E-state index in [4.69, 9.17) is 0 Å². The van der Waals surface area contributed by atoms with Crippen LogP contribution >= 0.6 is 0 Å². The molecule has 1 aromatic carbocycles. The summed E-state index contributed by atoms with van der Waals surface area (Å²) in [6.07, 6.45) is 8.51. The lowest BCUT2D eigenvalue weighted by atomic mass is 9.63. The van der Waals surface area contributed by atoms with Crippen molar-refractivity contribution < 1.29 is 4.79 Å². The summed E-state index contributed by atoms with van der Waals surface area (Å²) in [6, 6.07) is 10.9. The predicted molar refractivity (Wildman–Crippen MR) is 79.3 cm³/mol. The Balaban J connectivity index is 1.52. The van der Waals surface area contributed by atoms with E-state index in [0.29, 0.717) is 11.9 Å². The predicted octanol–water partition coefficient (Wildman–Crippen LogP) is 3.41. The average Bonchev–Trinajstić information content (AvgIpc) is 3.01. The normalized spacial score (nSPS) is 33.7. The molecule has 1 N–H and O–H groups in total. The molecular formula is C18H23NO. The minimum absolute atomic E-state index is 0.219. The van der Waals surface area contributed by atoms with E-state index in [2.05, 4.69) is 29.6 Å². The van der Waals surface area contributed by atoms with Gasteiger partial charge in [0.1, 0.15) is 0 Å². The summed E-state index contributed by atoms with van der Waals surface area (Å²) in [5.74, 6) is 1.95. The van der Waals surface area contributed by atoms with Crippen molar-refractivity contribution in [3.63, 3.8) is 0 Å². The van der Waals surface area contributed by atoms with Gasteiger partial charge in [0.15, 0.2) is 0 Å². The number of hydrogen-bond acceptors (Lipinski definition) is 1. The fourth-order valence-electron chi connectivity index (χ4n) is 4.66. The van der Waals surface area contributed by atoms with E-state index in [1.165, 1.54) is 37.7 Å². The van der Waals surface area contributed by atoms with Crippen molar-refractivity contribution in [2.75, 3.05) is 0 Å². The van der Waals surface area contributed by atoms with Gasteiger partial charge in [-0.25, -0.2) is 0 Å². The van der Waals surface area contributed by atoms with Crippen LogP contribution in [0.15, 0.2) is 30.3 Å². The first-order valence-electron chi connectivity index (χ1n) is 8.14. The molecule has 0 spiro atoms. The van der Waals surface area contributed by atoms with E-state index in [9.17, 15) is 4.79 Å².